The molecule has 1 aliphatic rings. The molecule has 0 saturated carbocycles. The predicted octanol–water partition coefficient (Wildman–Crippen LogP) is 1.68. The van der Waals surface area contributed by atoms with Gasteiger partial charge < -0.3 is 9.80 Å². The molecule has 1 heterocycles. The summed E-state index contributed by atoms with van der Waals surface area (Å²) >= 11 is 0. The van der Waals surface area contributed by atoms with Crippen molar-refractivity contribution < 1.29 is 0 Å². The van der Waals surface area contributed by atoms with E-state index < -0.39 is 0 Å². The molecule has 0 aromatic rings. The minimum Gasteiger partial charge on any atom is -0.301 e. The Bertz CT molecular complexity index is 289. The highest BCUT2D eigenvalue weighted by Gasteiger charge is 2.24. The monoisotopic (exact) mass is 266 g/mol. The highest BCUT2D eigenvalue weighted by molar-refractivity contribution is 5.04. The normalized spacial score (nSPS) is 21.3. The van der Waals surface area contributed by atoms with Crippen molar-refractivity contribution in [3.05, 3.63) is 0 Å². The lowest BCUT2D eigenvalue weighted by Gasteiger charge is -2.34. The number of nitrogens with one attached hydrogen (secondary N) is 1. The number of nitrogens with zero attached hydrogens (tertiary/aromatic N) is 3. The van der Waals surface area contributed by atoms with Crippen LogP contribution in [-0.2, 0) is 0 Å². The first-order valence-electron chi connectivity index (χ1n) is 7.63. The molecule has 1 atom stereocenters. The van der Waals surface area contributed by atoms with E-state index in [4.69, 9.17) is 0 Å². The van der Waals surface area contributed by atoms with Gasteiger partial charge in [-0.25, -0.2) is 0 Å². The molecular weight excluding hydrogens is 236 g/mol. The van der Waals surface area contributed by atoms with E-state index in [9.17, 15) is 5.26 Å². The summed E-state index contributed by atoms with van der Waals surface area (Å²) in [4.78, 5) is 5.02. The molecule has 0 radical (unpaired) electrons. The Morgan fingerprint density at radius 2 is 1.79 bits per heavy atom. The summed E-state index contributed by atoms with van der Waals surface area (Å²) in [6.45, 7) is 15.5. The summed E-state index contributed by atoms with van der Waals surface area (Å²) < 4.78 is 0. The molecule has 0 aromatic carbocycles. The van der Waals surface area contributed by atoms with E-state index >= 15 is 0 Å². The van der Waals surface area contributed by atoms with Crippen LogP contribution in [0, 0.1) is 11.3 Å². The summed E-state index contributed by atoms with van der Waals surface area (Å²) in [5, 5.41) is 12.7. The van der Waals surface area contributed by atoms with Crippen LogP contribution in [0.2, 0.25) is 0 Å². The Balaban J connectivity index is 2.24. The van der Waals surface area contributed by atoms with E-state index in [2.05, 4.69) is 42.0 Å². The average Bonchev–Trinajstić information content (AvgIpc) is 2.38. The van der Waals surface area contributed by atoms with Crippen LogP contribution in [0.5, 0.6) is 0 Å². The SMILES string of the molecule is CCN1CCN(CCCC(C)(C#N)NC(C)C)CC1. The highest BCUT2D eigenvalue weighted by Crippen LogP contribution is 2.13. The van der Waals surface area contributed by atoms with E-state index in [0.717, 1.165) is 19.4 Å². The molecule has 1 unspecified atom stereocenters. The van der Waals surface area contributed by atoms with Crippen LogP contribution in [0.3, 0.4) is 0 Å². The summed E-state index contributed by atoms with van der Waals surface area (Å²) in [5.41, 5.74) is -0.376. The maximum Gasteiger partial charge on any atom is 0.104 e. The first kappa shape index (κ1) is 16.4. The van der Waals surface area contributed by atoms with Crippen LogP contribution in [0.25, 0.3) is 0 Å². The minimum absolute atomic E-state index is 0.359. The molecule has 0 spiro atoms. The lowest BCUT2D eigenvalue weighted by atomic mass is 9.96. The Hall–Kier alpha value is -0.630. The molecule has 1 saturated heterocycles. The topological polar surface area (TPSA) is 42.3 Å². The van der Waals surface area contributed by atoms with Crippen LogP contribution < -0.4 is 5.32 Å². The lowest BCUT2D eigenvalue weighted by molar-refractivity contribution is 0.133. The number of hydrogen-bond acceptors (Lipinski definition) is 4. The molecule has 4 heteroatoms. The van der Waals surface area contributed by atoms with Crippen LogP contribution in [0.15, 0.2) is 0 Å². The van der Waals surface area contributed by atoms with Gasteiger partial charge in [0, 0.05) is 32.2 Å². The standard InChI is InChI=1S/C15H30N4/c1-5-18-9-11-19(12-10-18)8-6-7-15(4,13-16)17-14(2)3/h14,17H,5-12H2,1-4H3. The molecule has 19 heavy (non-hydrogen) atoms. The van der Waals surface area contributed by atoms with E-state index in [0.29, 0.717) is 6.04 Å². The summed E-state index contributed by atoms with van der Waals surface area (Å²) in [6, 6.07) is 2.78. The molecule has 1 rings (SSSR count). The fourth-order valence-electron chi connectivity index (χ4n) is 2.78. The fraction of sp³-hybridized carbons (Fsp3) is 0.933. The largest absolute Gasteiger partial charge is 0.301 e. The third-order valence-electron chi connectivity index (χ3n) is 3.92. The van der Waals surface area contributed by atoms with Crippen LogP contribution in [0.1, 0.15) is 40.5 Å². The van der Waals surface area contributed by atoms with Crippen LogP contribution in [0.4, 0.5) is 0 Å². The highest BCUT2D eigenvalue weighted by atomic mass is 15.3. The van der Waals surface area contributed by atoms with E-state index in [1.165, 1.54) is 32.7 Å². The predicted molar refractivity (Wildman–Crippen MR) is 80.1 cm³/mol. The van der Waals surface area contributed by atoms with Gasteiger partial charge in [-0.1, -0.05) is 6.92 Å². The van der Waals surface area contributed by atoms with E-state index in [1.54, 1.807) is 0 Å². The Morgan fingerprint density at radius 3 is 2.26 bits per heavy atom. The third kappa shape index (κ3) is 5.90. The first-order chi connectivity index (χ1) is 8.99. The van der Waals surface area contributed by atoms with Gasteiger partial charge in [0.1, 0.15) is 5.54 Å². The van der Waals surface area contributed by atoms with Crippen LogP contribution in [-0.4, -0.2) is 60.6 Å². The van der Waals surface area contributed by atoms with Gasteiger partial charge in [-0.2, -0.15) is 5.26 Å². The number of likely N-dealkylation sites (N-methyl/N-ethyl adjacent to an activating group) is 1. The molecule has 4 nitrogen and oxygen atoms in total. The van der Waals surface area contributed by atoms with Crippen molar-refractivity contribution in [2.75, 3.05) is 39.3 Å². The quantitative estimate of drug-likeness (QED) is 0.761. The van der Waals surface area contributed by atoms with Gasteiger partial charge in [0.15, 0.2) is 0 Å². The van der Waals surface area contributed by atoms with Gasteiger partial charge in [-0.05, 0) is 46.7 Å². The molecule has 0 aromatic heterocycles. The van der Waals surface area contributed by atoms with Crippen molar-refractivity contribution >= 4 is 0 Å². The second-order valence-electron chi connectivity index (χ2n) is 6.12. The second-order valence-corrected chi connectivity index (χ2v) is 6.12. The fourth-order valence-corrected chi connectivity index (χ4v) is 2.78. The van der Waals surface area contributed by atoms with Gasteiger partial charge in [0.05, 0.1) is 6.07 Å². The zero-order valence-corrected chi connectivity index (χ0v) is 13.1. The van der Waals surface area contributed by atoms with Gasteiger partial charge in [0.2, 0.25) is 0 Å². The smallest absolute Gasteiger partial charge is 0.104 e. The number of hydrogen-bond donors (Lipinski definition) is 1. The zero-order chi connectivity index (χ0) is 14.3. The number of nitriles is 1. The van der Waals surface area contributed by atoms with Crippen molar-refractivity contribution in [1.82, 2.24) is 15.1 Å². The molecule has 1 N–H and O–H groups in total. The maximum atomic E-state index is 9.31. The molecule has 0 bridgehead atoms. The van der Waals surface area contributed by atoms with Crippen LogP contribution >= 0.6 is 0 Å². The molecule has 0 aliphatic carbocycles. The van der Waals surface area contributed by atoms with Crippen molar-refractivity contribution in [3.63, 3.8) is 0 Å². The number of piperazine rings is 1. The van der Waals surface area contributed by atoms with E-state index in [1.807, 2.05) is 6.92 Å². The summed E-state index contributed by atoms with van der Waals surface area (Å²) in [7, 11) is 0. The summed E-state index contributed by atoms with van der Waals surface area (Å²) in [5.74, 6) is 0. The second kappa shape index (κ2) is 7.84. The maximum absolute atomic E-state index is 9.31. The number of rotatable bonds is 7. The minimum atomic E-state index is -0.376. The van der Waals surface area contributed by atoms with Gasteiger partial charge in [-0.15, -0.1) is 0 Å². The molecule has 110 valence electrons. The van der Waals surface area contributed by atoms with Crippen molar-refractivity contribution in [2.45, 2.75) is 52.1 Å². The zero-order valence-electron chi connectivity index (χ0n) is 13.1. The van der Waals surface area contributed by atoms with Gasteiger partial charge in [0.25, 0.3) is 0 Å². The summed E-state index contributed by atoms with van der Waals surface area (Å²) in [6.07, 6.45) is 2.02. The average molecular weight is 266 g/mol. The van der Waals surface area contributed by atoms with Gasteiger partial charge in [-0.3, -0.25) is 5.32 Å². The third-order valence-corrected chi connectivity index (χ3v) is 3.92. The lowest BCUT2D eigenvalue weighted by Crippen LogP contribution is -2.48. The van der Waals surface area contributed by atoms with Gasteiger partial charge >= 0.3 is 0 Å². The van der Waals surface area contributed by atoms with Crippen molar-refractivity contribution in [2.24, 2.45) is 0 Å². The Kier molecular flexibility index (Phi) is 6.78. The molecule has 0 amide bonds. The van der Waals surface area contributed by atoms with Crippen molar-refractivity contribution in [3.8, 4) is 6.07 Å². The molecule has 1 aliphatic heterocycles. The Morgan fingerprint density at radius 1 is 1.21 bits per heavy atom. The van der Waals surface area contributed by atoms with E-state index in [-0.39, 0.29) is 5.54 Å². The molecular formula is C15H30N4. The Labute approximate surface area is 118 Å². The van der Waals surface area contributed by atoms with Crippen molar-refractivity contribution in [1.29, 1.82) is 5.26 Å². The first-order valence-corrected chi connectivity index (χ1v) is 7.63. The molecule has 1 fully saturated rings.